The predicted molar refractivity (Wildman–Crippen MR) is 101 cm³/mol. The van der Waals surface area contributed by atoms with Crippen LogP contribution in [-0.2, 0) is 12.1 Å². The maximum absolute atomic E-state index is 14.1. The lowest BCUT2D eigenvalue weighted by molar-refractivity contribution is -0.150. The third kappa shape index (κ3) is 3.44. The highest BCUT2D eigenvalue weighted by molar-refractivity contribution is 5.34. The van der Waals surface area contributed by atoms with Crippen LogP contribution in [0.15, 0.2) is 24.4 Å². The highest BCUT2D eigenvalue weighted by atomic mass is 19.2. The van der Waals surface area contributed by atoms with Gasteiger partial charge in [-0.05, 0) is 18.9 Å². The van der Waals surface area contributed by atoms with Crippen molar-refractivity contribution in [1.29, 1.82) is 0 Å². The number of methoxy groups -OCH3 is 2. The normalized spacial score (nSPS) is 26.9. The molecule has 1 unspecified atom stereocenters. The van der Waals surface area contributed by atoms with Crippen molar-refractivity contribution in [2.24, 2.45) is 11.8 Å². The lowest BCUT2D eigenvalue weighted by Gasteiger charge is -2.53. The largest absolute Gasteiger partial charge is 0.481 e. The number of hydrogen-bond donors (Lipinski definition) is 1. The summed E-state index contributed by atoms with van der Waals surface area (Å²) >= 11 is 0. The molecule has 0 radical (unpaired) electrons. The molecule has 0 amide bonds. The van der Waals surface area contributed by atoms with E-state index in [-0.39, 0.29) is 17.8 Å². The van der Waals surface area contributed by atoms with Crippen molar-refractivity contribution in [2.75, 3.05) is 27.3 Å². The summed E-state index contributed by atoms with van der Waals surface area (Å²) in [6, 6.07) is 4.43. The van der Waals surface area contributed by atoms with Crippen LogP contribution in [0.1, 0.15) is 30.4 Å². The van der Waals surface area contributed by atoms with Gasteiger partial charge in [-0.15, -0.1) is 0 Å². The van der Waals surface area contributed by atoms with Gasteiger partial charge in [0.1, 0.15) is 5.60 Å². The van der Waals surface area contributed by atoms with Crippen molar-refractivity contribution in [3.63, 3.8) is 0 Å². The molecule has 1 aromatic carbocycles. The molecule has 29 heavy (non-hydrogen) atoms. The second-order valence-corrected chi connectivity index (χ2v) is 7.84. The number of halogens is 2. The van der Waals surface area contributed by atoms with Crippen molar-refractivity contribution < 1.29 is 23.4 Å². The van der Waals surface area contributed by atoms with E-state index in [9.17, 15) is 13.9 Å². The first-order valence-electron chi connectivity index (χ1n) is 9.80. The molecular formula is C21H25F2N3O3. The second kappa shape index (κ2) is 7.84. The van der Waals surface area contributed by atoms with Crippen LogP contribution in [0.2, 0.25) is 0 Å². The van der Waals surface area contributed by atoms with E-state index in [0.717, 1.165) is 25.3 Å². The Balaban J connectivity index is 1.63. The van der Waals surface area contributed by atoms with Crippen LogP contribution in [0, 0.1) is 23.5 Å². The van der Waals surface area contributed by atoms with Gasteiger partial charge >= 0.3 is 6.01 Å². The van der Waals surface area contributed by atoms with Crippen LogP contribution >= 0.6 is 0 Å². The number of hydrogen-bond acceptors (Lipinski definition) is 6. The summed E-state index contributed by atoms with van der Waals surface area (Å²) < 4.78 is 38.2. The maximum atomic E-state index is 14.1. The van der Waals surface area contributed by atoms with Crippen molar-refractivity contribution in [1.82, 2.24) is 14.9 Å². The van der Waals surface area contributed by atoms with Crippen LogP contribution in [0.4, 0.5) is 8.78 Å². The molecule has 2 heterocycles. The van der Waals surface area contributed by atoms with Gasteiger partial charge in [0, 0.05) is 43.2 Å². The standard InChI is InChI=1S/C21H25F2N3O3/c1-28-19-16(9-24-20(25-19)29-2)21(27)14-6-4-7-15(21)12-26(11-14)10-13-5-3-8-17(22)18(13)23/h3,5,8-9,14-15,27H,4,6-7,10-12H2,1-2H3/t14-,15+,21?. The molecule has 156 valence electrons. The van der Waals surface area contributed by atoms with Crippen molar-refractivity contribution >= 4 is 0 Å². The van der Waals surface area contributed by atoms with Gasteiger partial charge in [0.2, 0.25) is 5.88 Å². The van der Waals surface area contributed by atoms with E-state index in [1.807, 2.05) is 0 Å². The third-order valence-corrected chi connectivity index (χ3v) is 6.27. The van der Waals surface area contributed by atoms with Gasteiger partial charge < -0.3 is 14.6 Å². The third-order valence-electron chi connectivity index (χ3n) is 6.27. The Morgan fingerprint density at radius 3 is 2.55 bits per heavy atom. The first kappa shape index (κ1) is 20.0. The van der Waals surface area contributed by atoms with Crippen molar-refractivity contribution in [3.8, 4) is 11.9 Å². The smallest absolute Gasteiger partial charge is 0.319 e. The number of benzene rings is 1. The zero-order valence-electron chi connectivity index (χ0n) is 16.6. The van der Waals surface area contributed by atoms with E-state index in [4.69, 9.17) is 9.47 Å². The zero-order chi connectivity index (χ0) is 20.6. The Morgan fingerprint density at radius 1 is 1.17 bits per heavy atom. The zero-order valence-corrected chi connectivity index (χ0v) is 16.6. The van der Waals surface area contributed by atoms with Gasteiger partial charge in [0.15, 0.2) is 11.6 Å². The number of aromatic nitrogens is 2. The maximum Gasteiger partial charge on any atom is 0.319 e. The summed E-state index contributed by atoms with van der Waals surface area (Å²) in [5.41, 5.74) is -0.238. The van der Waals surface area contributed by atoms with Gasteiger partial charge in [-0.1, -0.05) is 18.6 Å². The molecule has 4 rings (SSSR count). The number of aliphatic hydroxyl groups is 1. The Hall–Kier alpha value is -2.32. The molecule has 1 aliphatic carbocycles. The molecule has 0 spiro atoms. The van der Waals surface area contributed by atoms with E-state index in [1.165, 1.54) is 20.3 Å². The van der Waals surface area contributed by atoms with E-state index < -0.39 is 17.2 Å². The van der Waals surface area contributed by atoms with E-state index >= 15 is 0 Å². The Labute approximate surface area is 168 Å². The fraction of sp³-hybridized carbons (Fsp3) is 0.524. The minimum Gasteiger partial charge on any atom is -0.481 e. The van der Waals surface area contributed by atoms with E-state index in [0.29, 0.717) is 36.6 Å². The van der Waals surface area contributed by atoms with Crippen LogP contribution in [0.3, 0.4) is 0 Å². The van der Waals surface area contributed by atoms with Gasteiger partial charge in [-0.2, -0.15) is 4.98 Å². The van der Waals surface area contributed by atoms with Crippen molar-refractivity contribution in [2.45, 2.75) is 31.4 Å². The van der Waals surface area contributed by atoms with Crippen LogP contribution in [0.5, 0.6) is 11.9 Å². The second-order valence-electron chi connectivity index (χ2n) is 7.84. The Morgan fingerprint density at radius 2 is 1.90 bits per heavy atom. The number of ether oxygens (including phenoxy) is 2. The minimum absolute atomic E-state index is 0.0856. The molecule has 1 saturated carbocycles. The summed E-state index contributed by atoms with van der Waals surface area (Å²) in [6.07, 6.45) is 4.24. The lowest BCUT2D eigenvalue weighted by atomic mass is 9.63. The summed E-state index contributed by atoms with van der Waals surface area (Å²) in [7, 11) is 2.98. The molecule has 8 heteroatoms. The molecule has 1 N–H and O–H groups in total. The van der Waals surface area contributed by atoms with E-state index in [1.54, 1.807) is 12.3 Å². The van der Waals surface area contributed by atoms with Gasteiger partial charge in [-0.3, -0.25) is 4.90 Å². The summed E-state index contributed by atoms with van der Waals surface area (Å²) in [4.78, 5) is 10.5. The molecule has 2 aliphatic rings. The monoisotopic (exact) mass is 405 g/mol. The number of likely N-dealkylation sites (tertiary alicyclic amines) is 1. The number of rotatable bonds is 5. The molecule has 2 aromatic rings. The molecular weight excluding hydrogens is 380 g/mol. The predicted octanol–water partition coefficient (Wildman–Crippen LogP) is 2.89. The lowest BCUT2D eigenvalue weighted by Crippen LogP contribution is -2.58. The molecule has 3 atom stereocenters. The first-order valence-corrected chi connectivity index (χ1v) is 9.80. The van der Waals surface area contributed by atoms with Crippen molar-refractivity contribution in [3.05, 3.63) is 47.2 Å². The van der Waals surface area contributed by atoms with Gasteiger partial charge in [-0.25, -0.2) is 13.8 Å². The number of fused-ring (bicyclic) bond motifs is 2. The quantitative estimate of drug-likeness (QED) is 0.825. The fourth-order valence-electron chi connectivity index (χ4n) is 4.90. The van der Waals surface area contributed by atoms with Crippen LogP contribution in [0.25, 0.3) is 0 Å². The number of piperidine rings is 1. The minimum atomic E-state index is -1.13. The molecule has 2 fully saturated rings. The molecule has 1 saturated heterocycles. The Kier molecular flexibility index (Phi) is 5.40. The summed E-state index contributed by atoms with van der Waals surface area (Å²) in [6.45, 7) is 1.44. The Bertz CT molecular complexity index is 881. The summed E-state index contributed by atoms with van der Waals surface area (Å²) in [5.74, 6) is -1.50. The average Bonchev–Trinajstić information content (AvgIpc) is 2.71. The first-order chi connectivity index (χ1) is 14.0. The molecule has 1 aromatic heterocycles. The summed E-state index contributed by atoms with van der Waals surface area (Å²) in [5, 5.41) is 11.8. The van der Waals surface area contributed by atoms with Gasteiger partial charge in [0.05, 0.1) is 19.8 Å². The van der Waals surface area contributed by atoms with Gasteiger partial charge in [0.25, 0.3) is 0 Å². The molecule has 2 bridgehead atoms. The topological polar surface area (TPSA) is 67.7 Å². The van der Waals surface area contributed by atoms with Crippen LogP contribution in [-0.4, -0.2) is 47.3 Å². The fourth-order valence-corrected chi connectivity index (χ4v) is 4.90. The highest BCUT2D eigenvalue weighted by Gasteiger charge is 2.53. The molecule has 6 nitrogen and oxygen atoms in total. The van der Waals surface area contributed by atoms with E-state index in [2.05, 4.69) is 14.9 Å². The molecule has 1 aliphatic heterocycles. The van der Waals surface area contributed by atoms with Crippen LogP contribution < -0.4 is 9.47 Å². The number of nitrogens with zero attached hydrogens (tertiary/aromatic N) is 3. The average molecular weight is 405 g/mol. The SMILES string of the molecule is COc1ncc(C2(O)[C@@H]3CCC[C@H]2CN(Cc2cccc(F)c2F)C3)c(OC)n1. The highest BCUT2D eigenvalue weighted by Crippen LogP contribution is 2.51.